The quantitative estimate of drug-likeness (QED) is 0.123. The second kappa shape index (κ2) is 16.7. The first-order chi connectivity index (χ1) is 28.2. The molecule has 0 atom stereocenters. The number of fused-ring (bicyclic) bond motifs is 1. The van der Waals surface area contributed by atoms with E-state index < -0.39 is 12.7 Å². The molecule has 1 aliphatic carbocycles. The predicted octanol–water partition coefficient (Wildman–Crippen LogP) is 8.23. The molecule has 14 nitrogen and oxygen atoms in total. The number of carbonyl (C=O) groups excluding carboxylic acids is 1. The highest BCUT2D eigenvalue weighted by Gasteiger charge is 2.32. The summed E-state index contributed by atoms with van der Waals surface area (Å²) in [5.74, 6) is 2.16. The molecule has 312 valence electrons. The minimum Gasteiger partial charge on any atom is -0.491 e. The number of pyridine rings is 1. The molecule has 3 fully saturated rings. The number of piperazine rings is 1. The molecule has 0 unspecified atom stereocenters. The lowest BCUT2D eigenvalue weighted by molar-refractivity contribution is 0.00901. The molecule has 59 heavy (non-hydrogen) atoms. The molecule has 3 aromatic heterocycles. The molecule has 2 aromatic carbocycles. The van der Waals surface area contributed by atoms with Gasteiger partial charge in [-0.2, -0.15) is 10.1 Å². The fraction of sp³-hybridized carbons (Fsp3) is 0.465. The second-order valence-electron chi connectivity index (χ2n) is 17.3. The summed E-state index contributed by atoms with van der Waals surface area (Å²) in [5.41, 5.74) is 4.80. The predicted molar refractivity (Wildman–Crippen MR) is 239 cm³/mol. The van der Waals surface area contributed by atoms with Gasteiger partial charge < -0.3 is 34.5 Å². The van der Waals surface area contributed by atoms with Crippen LogP contribution in [0.5, 0.6) is 5.75 Å². The average molecular weight is 886 g/mol. The van der Waals surface area contributed by atoms with E-state index in [1.807, 2.05) is 74.1 Å². The van der Waals surface area contributed by atoms with Crippen molar-refractivity contribution in [2.24, 2.45) is 13.0 Å². The Kier molecular flexibility index (Phi) is 11.6. The number of anilines is 5. The number of hydrogen-bond acceptors (Lipinski definition) is 12. The Hall–Kier alpha value is -4.72. The molecular weight excluding hydrogens is 831 g/mol. The van der Waals surface area contributed by atoms with Gasteiger partial charge in [0.25, 0.3) is 0 Å². The number of ether oxygens (including phenoxy) is 2. The van der Waals surface area contributed by atoms with Crippen molar-refractivity contribution >= 4 is 74.2 Å². The molecule has 3 aliphatic rings. The average Bonchev–Trinajstić information content (AvgIpc) is 3.94. The van der Waals surface area contributed by atoms with Gasteiger partial charge in [-0.15, -0.1) is 0 Å². The van der Waals surface area contributed by atoms with Gasteiger partial charge in [0.2, 0.25) is 5.95 Å². The fourth-order valence-corrected chi connectivity index (χ4v) is 9.71. The van der Waals surface area contributed by atoms with E-state index in [1.54, 1.807) is 25.7 Å². The van der Waals surface area contributed by atoms with Crippen molar-refractivity contribution in [3.05, 3.63) is 65.7 Å². The standard InChI is InChI=1S/C43H54BrN10O4P/c1-43(2,3)58-42(55)54-19-17-52(18-20-54)30-13-15-53(16-14-30)37-22-38(57-27-28-11-12-28)35(21-32(37)29-23-47-51(4)26-29)49-41-46-24-33(44)40(50-41)48-36-25-45-34-10-8-7-9-31(34)39(36)59(5,6)56/h7-10,21-26,28,30H,11-20,27H2,1-6H3,(H2,46,48,49,50). The van der Waals surface area contributed by atoms with Crippen LogP contribution in [0.4, 0.5) is 33.6 Å². The van der Waals surface area contributed by atoms with E-state index in [0.29, 0.717) is 53.6 Å². The van der Waals surface area contributed by atoms with Gasteiger partial charge in [-0.3, -0.25) is 14.6 Å². The summed E-state index contributed by atoms with van der Waals surface area (Å²) in [6.07, 6.45) is 11.5. The number of halogens is 1. The summed E-state index contributed by atoms with van der Waals surface area (Å²) in [5, 5.41) is 13.0. The summed E-state index contributed by atoms with van der Waals surface area (Å²) in [6, 6.07) is 12.5. The van der Waals surface area contributed by atoms with Crippen molar-refractivity contribution in [1.29, 1.82) is 0 Å². The number of aryl methyl sites for hydroxylation is 1. The maximum Gasteiger partial charge on any atom is 0.410 e. The zero-order valence-electron chi connectivity index (χ0n) is 34.7. The van der Waals surface area contributed by atoms with Gasteiger partial charge in [0.05, 0.1) is 40.4 Å². The van der Waals surface area contributed by atoms with Gasteiger partial charge in [-0.25, -0.2) is 9.78 Å². The van der Waals surface area contributed by atoms with Crippen LogP contribution in [0, 0.1) is 5.92 Å². The number of carbonyl (C=O) groups is 1. The smallest absolute Gasteiger partial charge is 0.410 e. The van der Waals surface area contributed by atoms with Crippen LogP contribution in [-0.4, -0.2) is 111 Å². The fourth-order valence-electron chi connectivity index (χ4n) is 7.96. The van der Waals surface area contributed by atoms with Crippen molar-refractivity contribution in [3.63, 3.8) is 0 Å². The number of hydrogen-bond donors (Lipinski definition) is 2. The molecule has 16 heteroatoms. The van der Waals surface area contributed by atoms with E-state index in [-0.39, 0.29) is 6.09 Å². The molecule has 2 saturated heterocycles. The first-order valence-electron chi connectivity index (χ1n) is 20.4. The normalized spacial score (nSPS) is 17.0. The monoisotopic (exact) mass is 884 g/mol. The van der Waals surface area contributed by atoms with E-state index in [0.717, 1.165) is 83.5 Å². The Bertz CT molecular complexity index is 2380. The molecule has 0 spiro atoms. The topological polar surface area (TPSA) is 143 Å². The molecule has 0 radical (unpaired) electrons. The van der Waals surface area contributed by atoms with E-state index >= 15 is 0 Å². The number of rotatable bonds is 11. The molecule has 1 amide bonds. The van der Waals surface area contributed by atoms with Crippen LogP contribution in [0.1, 0.15) is 46.5 Å². The number of piperidine rings is 1. The number of aromatic nitrogens is 5. The molecule has 2 aliphatic heterocycles. The Morgan fingerprint density at radius 1 is 0.932 bits per heavy atom. The third kappa shape index (κ3) is 9.68. The summed E-state index contributed by atoms with van der Waals surface area (Å²) in [4.78, 5) is 33.7. The lowest BCUT2D eigenvalue weighted by atomic mass is 9.98. The van der Waals surface area contributed by atoms with E-state index in [2.05, 4.69) is 63.6 Å². The van der Waals surface area contributed by atoms with Gasteiger partial charge >= 0.3 is 6.09 Å². The maximum atomic E-state index is 13.7. The van der Waals surface area contributed by atoms with Gasteiger partial charge in [0, 0.05) is 98.3 Å². The van der Waals surface area contributed by atoms with E-state index in [1.165, 1.54) is 12.8 Å². The number of nitrogens with zero attached hydrogens (tertiary/aromatic N) is 8. The van der Waals surface area contributed by atoms with Crippen molar-refractivity contribution in [1.82, 2.24) is 34.5 Å². The van der Waals surface area contributed by atoms with Crippen molar-refractivity contribution < 1.29 is 18.8 Å². The minimum atomic E-state index is -2.73. The lowest BCUT2D eigenvalue weighted by Crippen LogP contribution is -2.55. The largest absolute Gasteiger partial charge is 0.491 e. The van der Waals surface area contributed by atoms with E-state index in [9.17, 15) is 9.36 Å². The summed E-state index contributed by atoms with van der Waals surface area (Å²) in [6.45, 7) is 14.7. The van der Waals surface area contributed by atoms with Crippen LogP contribution < -0.4 is 25.6 Å². The molecule has 0 bridgehead atoms. The molecule has 1 saturated carbocycles. The highest BCUT2D eigenvalue weighted by atomic mass is 79.9. The second-order valence-corrected chi connectivity index (χ2v) is 21.3. The molecule has 5 heterocycles. The number of amides is 1. The highest BCUT2D eigenvalue weighted by Crippen LogP contribution is 2.44. The maximum absolute atomic E-state index is 13.7. The van der Waals surface area contributed by atoms with Crippen LogP contribution >= 0.6 is 23.1 Å². The van der Waals surface area contributed by atoms with Gasteiger partial charge in [-0.05, 0) is 93.8 Å². The molecule has 5 aromatic rings. The lowest BCUT2D eigenvalue weighted by Gasteiger charge is -2.43. The number of benzene rings is 2. The van der Waals surface area contributed by atoms with Crippen LogP contribution in [-0.2, 0) is 16.3 Å². The Morgan fingerprint density at radius 2 is 1.68 bits per heavy atom. The first kappa shape index (κ1) is 41.0. The highest BCUT2D eigenvalue weighted by molar-refractivity contribution is 9.10. The summed E-state index contributed by atoms with van der Waals surface area (Å²) >= 11 is 3.64. The van der Waals surface area contributed by atoms with Crippen molar-refractivity contribution in [3.8, 4) is 16.9 Å². The summed E-state index contributed by atoms with van der Waals surface area (Å²) < 4.78 is 28.4. The Morgan fingerprint density at radius 3 is 2.36 bits per heavy atom. The SMILES string of the molecule is Cn1cc(-c2cc(Nc3ncc(Br)c(Nc4cnc5ccccc5c4P(C)(C)=O)n3)c(OCC3CC3)cc2N2CCC(N3CCN(C(=O)OC(C)(C)C)CC3)CC2)cn1. The summed E-state index contributed by atoms with van der Waals surface area (Å²) in [7, 11) is -0.803. The van der Waals surface area contributed by atoms with Gasteiger partial charge in [-0.1, -0.05) is 18.2 Å². The Balaban J connectivity index is 1.05. The first-order valence-corrected chi connectivity index (χ1v) is 23.8. The number of para-hydroxylation sites is 1. The van der Waals surface area contributed by atoms with E-state index in [4.69, 9.17) is 14.5 Å². The third-order valence-corrected chi connectivity index (χ3v) is 13.2. The molecule has 2 N–H and O–H groups in total. The number of nitrogens with one attached hydrogen (secondary N) is 2. The Labute approximate surface area is 354 Å². The van der Waals surface area contributed by atoms with Gasteiger partial charge in [0.1, 0.15) is 24.3 Å². The van der Waals surface area contributed by atoms with Crippen LogP contribution in [0.25, 0.3) is 22.0 Å². The molecule has 8 rings (SSSR count). The zero-order valence-corrected chi connectivity index (χ0v) is 37.2. The van der Waals surface area contributed by atoms with Crippen LogP contribution in [0.15, 0.2) is 65.7 Å². The van der Waals surface area contributed by atoms with Gasteiger partial charge in [0.15, 0.2) is 0 Å². The van der Waals surface area contributed by atoms with Crippen LogP contribution in [0.2, 0.25) is 0 Å². The van der Waals surface area contributed by atoms with Crippen molar-refractivity contribution in [2.75, 3.05) is 74.7 Å². The van der Waals surface area contributed by atoms with Crippen molar-refractivity contribution in [2.45, 2.75) is 58.1 Å². The van der Waals surface area contributed by atoms with Crippen LogP contribution in [0.3, 0.4) is 0 Å². The third-order valence-electron chi connectivity index (χ3n) is 11.1. The molecular formula is C43H54BrN10O4P. The zero-order chi connectivity index (χ0) is 41.5. The minimum absolute atomic E-state index is 0.227.